The van der Waals surface area contributed by atoms with E-state index in [0.29, 0.717) is 12.5 Å². The summed E-state index contributed by atoms with van der Waals surface area (Å²) in [5, 5.41) is 3.24. The fourth-order valence-corrected chi connectivity index (χ4v) is 3.69. The molecule has 3 nitrogen and oxygen atoms in total. The fraction of sp³-hybridized carbons (Fsp3) is 0.929. The van der Waals surface area contributed by atoms with Gasteiger partial charge in [-0.05, 0) is 43.9 Å². The molecule has 1 amide bonds. The number of nitrogens with two attached hydrogens (primary N) is 1. The number of fused-ring (bicyclic) bond motifs is 2. The van der Waals surface area contributed by atoms with E-state index in [9.17, 15) is 4.79 Å². The minimum atomic E-state index is -0.168. The molecule has 0 aromatic carbocycles. The first-order chi connectivity index (χ1) is 8.14. The van der Waals surface area contributed by atoms with Crippen molar-refractivity contribution in [2.45, 2.75) is 57.9 Å². The van der Waals surface area contributed by atoms with E-state index in [0.717, 1.165) is 25.2 Å². The third-order valence-corrected chi connectivity index (χ3v) is 5.21. The highest BCUT2D eigenvalue weighted by Crippen LogP contribution is 2.48. The maximum Gasteiger partial charge on any atom is 0.223 e. The van der Waals surface area contributed by atoms with Crippen molar-refractivity contribution in [2.24, 2.45) is 23.5 Å². The summed E-state index contributed by atoms with van der Waals surface area (Å²) in [4.78, 5) is 12.4. The van der Waals surface area contributed by atoms with E-state index in [1.165, 1.54) is 19.3 Å². The lowest BCUT2D eigenvalue weighted by molar-refractivity contribution is -0.128. The highest BCUT2D eigenvalue weighted by Gasteiger charge is 2.44. The summed E-state index contributed by atoms with van der Waals surface area (Å²) >= 11 is 0. The lowest BCUT2D eigenvalue weighted by Crippen LogP contribution is -2.54. The molecule has 2 aliphatic carbocycles. The summed E-state index contributed by atoms with van der Waals surface area (Å²) in [5.41, 5.74) is 5.67. The van der Waals surface area contributed by atoms with Crippen molar-refractivity contribution in [2.75, 3.05) is 6.54 Å². The molecular weight excluding hydrogens is 212 g/mol. The molecule has 2 bridgehead atoms. The van der Waals surface area contributed by atoms with Crippen LogP contribution in [0.3, 0.4) is 0 Å². The number of hydrogen-bond donors (Lipinski definition) is 2. The molecule has 0 saturated heterocycles. The van der Waals surface area contributed by atoms with Gasteiger partial charge in [-0.3, -0.25) is 4.79 Å². The van der Waals surface area contributed by atoms with Gasteiger partial charge < -0.3 is 11.1 Å². The fourth-order valence-electron chi connectivity index (χ4n) is 3.69. The summed E-state index contributed by atoms with van der Waals surface area (Å²) in [6, 6.07) is 0. The van der Waals surface area contributed by atoms with Gasteiger partial charge in [-0.1, -0.05) is 20.3 Å². The SMILES string of the molecule is CCC(CC)(CN)NC(=O)C1CC2CCC1C2. The Kier molecular flexibility index (Phi) is 3.76. The average molecular weight is 238 g/mol. The molecule has 3 heteroatoms. The van der Waals surface area contributed by atoms with Crippen LogP contribution in [-0.4, -0.2) is 18.0 Å². The van der Waals surface area contributed by atoms with E-state index in [1.54, 1.807) is 0 Å². The predicted octanol–water partition coefficient (Wildman–Crippen LogP) is 2.06. The smallest absolute Gasteiger partial charge is 0.223 e. The van der Waals surface area contributed by atoms with Crippen molar-refractivity contribution in [3.05, 3.63) is 0 Å². The number of nitrogens with one attached hydrogen (secondary N) is 1. The maximum atomic E-state index is 12.4. The quantitative estimate of drug-likeness (QED) is 0.770. The Bertz CT molecular complexity index is 278. The zero-order chi connectivity index (χ0) is 12.5. The Hall–Kier alpha value is -0.570. The number of carbonyl (C=O) groups excluding carboxylic acids is 1. The standard InChI is InChI=1S/C14H26N2O/c1-3-14(4-2,9-15)16-13(17)12-8-10-5-6-11(12)7-10/h10-12H,3-9,15H2,1-2H3,(H,16,17). The highest BCUT2D eigenvalue weighted by atomic mass is 16.2. The molecule has 2 rings (SSSR count). The lowest BCUT2D eigenvalue weighted by Gasteiger charge is -2.34. The Balaban J connectivity index is 1.96. The van der Waals surface area contributed by atoms with Crippen molar-refractivity contribution < 1.29 is 4.79 Å². The largest absolute Gasteiger partial charge is 0.349 e. The van der Waals surface area contributed by atoms with Gasteiger partial charge in [-0.2, -0.15) is 0 Å². The van der Waals surface area contributed by atoms with E-state index in [4.69, 9.17) is 5.73 Å². The number of carbonyl (C=O) groups is 1. The monoisotopic (exact) mass is 238 g/mol. The van der Waals surface area contributed by atoms with Gasteiger partial charge >= 0.3 is 0 Å². The van der Waals surface area contributed by atoms with Crippen LogP contribution in [0.2, 0.25) is 0 Å². The third kappa shape index (κ3) is 2.35. The number of rotatable bonds is 5. The second kappa shape index (κ2) is 4.97. The Morgan fingerprint density at radius 1 is 1.29 bits per heavy atom. The van der Waals surface area contributed by atoms with E-state index < -0.39 is 0 Å². The van der Waals surface area contributed by atoms with Crippen LogP contribution in [0.5, 0.6) is 0 Å². The van der Waals surface area contributed by atoms with Crippen LogP contribution >= 0.6 is 0 Å². The summed E-state index contributed by atoms with van der Waals surface area (Å²) in [5.74, 6) is 2.03. The van der Waals surface area contributed by atoms with Crippen LogP contribution in [0.1, 0.15) is 52.4 Å². The topological polar surface area (TPSA) is 55.1 Å². The van der Waals surface area contributed by atoms with Crippen molar-refractivity contribution in [3.8, 4) is 0 Å². The zero-order valence-electron chi connectivity index (χ0n) is 11.2. The first-order valence-electron chi connectivity index (χ1n) is 7.16. The van der Waals surface area contributed by atoms with Crippen LogP contribution in [0.4, 0.5) is 0 Å². The Labute approximate surface area is 105 Å². The molecule has 0 aromatic rings. The first kappa shape index (κ1) is 12.9. The van der Waals surface area contributed by atoms with E-state index in [2.05, 4.69) is 19.2 Å². The van der Waals surface area contributed by atoms with E-state index in [-0.39, 0.29) is 17.4 Å². The van der Waals surface area contributed by atoms with Crippen molar-refractivity contribution >= 4 is 5.91 Å². The lowest BCUT2D eigenvalue weighted by atomic mass is 9.86. The predicted molar refractivity (Wildman–Crippen MR) is 69.4 cm³/mol. The molecule has 0 aromatic heterocycles. The molecule has 3 atom stereocenters. The molecule has 17 heavy (non-hydrogen) atoms. The summed E-state index contributed by atoms with van der Waals surface area (Å²) in [7, 11) is 0. The summed E-state index contributed by atoms with van der Waals surface area (Å²) in [6.45, 7) is 4.77. The van der Waals surface area contributed by atoms with Crippen molar-refractivity contribution in [3.63, 3.8) is 0 Å². The molecule has 3 unspecified atom stereocenters. The third-order valence-electron chi connectivity index (χ3n) is 5.21. The normalized spacial score (nSPS) is 31.8. The van der Waals surface area contributed by atoms with Crippen LogP contribution in [-0.2, 0) is 4.79 Å². The van der Waals surface area contributed by atoms with Gasteiger partial charge in [0.05, 0.1) is 5.54 Å². The second-order valence-corrected chi connectivity index (χ2v) is 5.96. The van der Waals surface area contributed by atoms with Gasteiger partial charge in [0, 0.05) is 12.5 Å². The van der Waals surface area contributed by atoms with Gasteiger partial charge in [0.2, 0.25) is 5.91 Å². The van der Waals surface area contributed by atoms with Gasteiger partial charge in [0.15, 0.2) is 0 Å². The molecule has 0 spiro atoms. The summed E-state index contributed by atoms with van der Waals surface area (Å²) < 4.78 is 0. The minimum absolute atomic E-state index is 0.168. The van der Waals surface area contributed by atoms with Gasteiger partial charge in [-0.15, -0.1) is 0 Å². The van der Waals surface area contributed by atoms with E-state index in [1.807, 2.05) is 0 Å². The molecule has 2 fully saturated rings. The number of hydrogen-bond acceptors (Lipinski definition) is 2. The molecule has 0 radical (unpaired) electrons. The van der Waals surface area contributed by atoms with Crippen molar-refractivity contribution in [1.82, 2.24) is 5.32 Å². The molecule has 0 aliphatic heterocycles. The van der Waals surface area contributed by atoms with Crippen molar-refractivity contribution in [1.29, 1.82) is 0 Å². The molecule has 0 heterocycles. The van der Waals surface area contributed by atoms with Gasteiger partial charge in [0.1, 0.15) is 0 Å². The first-order valence-corrected chi connectivity index (χ1v) is 7.16. The number of amides is 1. The highest BCUT2D eigenvalue weighted by molar-refractivity contribution is 5.80. The minimum Gasteiger partial charge on any atom is -0.349 e. The average Bonchev–Trinajstić information content (AvgIpc) is 2.98. The zero-order valence-corrected chi connectivity index (χ0v) is 11.2. The molecular formula is C14H26N2O. The molecule has 3 N–H and O–H groups in total. The molecule has 2 aliphatic rings. The van der Waals surface area contributed by atoms with Crippen LogP contribution in [0.15, 0.2) is 0 Å². The van der Waals surface area contributed by atoms with Gasteiger partial charge in [-0.25, -0.2) is 0 Å². The van der Waals surface area contributed by atoms with Gasteiger partial charge in [0.25, 0.3) is 0 Å². The Morgan fingerprint density at radius 2 is 2.00 bits per heavy atom. The second-order valence-electron chi connectivity index (χ2n) is 5.96. The van der Waals surface area contributed by atoms with Crippen LogP contribution in [0.25, 0.3) is 0 Å². The maximum absolute atomic E-state index is 12.4. The van der Waals surface area contributed by atoms with Crippen LogP contribution in [0, 0.1) is 17.8 Å². The Morgan fingerprint density at radius 3 is 2.41 bits per heavy atom. The van der Waals surface area contributed by atoms with Crippen LogP contribution < -0.4 is 11.1 Å². The summed E-state index contributed by atoms with van der Waals surface area (Å²) in [6.07, 6.45) is 6.85. The molecule has 98 valence electrons. The van der Waals surface area contributed by atoms with E-state index >= 15 is 0 Å². The molecule has 2 saturated carbocycles.